The van der Waals surface area contributed by atoms with E-state index in [2.05, 4.69) is 20.9 Å². The molecular weight excluding hydrogens is 869 g/mol. The van der Waals surface area contributed by atoms with Crippen LogP contribution in [-0.2, 0) is 43.2 Å². The highest BCUT2D eigenvalue weighted by Crippen LogP contribution is 2.34. The van der Waals surface area contributed by atoms with Gasteiger partial charge in [0.2, 0.25) is 5.91 Å². The molecule has 0 radical (unpaired) electrons. The molecule has 7 amide bonds. The highest BCUT2D eigenvalue weighted by atomic mass is 32.2. The average Bonchev–Trinajstić information content (AvgIpc) is 4.04. The number of aromatic hydroxyl groups is 1. The summed E-state index contributed by atoms with van der Waals surface area (Å²) in [6, 6.07) is 26.1. The normalized spacial score (nSPS) is 25.2. The molecule has 6 N–H and O–H groups in total. The molecule has 5 heterocycles. The van der Waals surface area contributed by atoms with Crippen molar-refractivity contribution in [3.05, 3.63) is 102 Å². The fourth-order valence-corrected chi connectivity index (χ4v) is 12.5. The van der Waals surface area contributed by atoms with Crippen LogP contribution >= 0.6 is 11.8 Å². The van der Waals surface area contributed by atoms with Crippen molar-refractivity contribution in [2.24, 2.45) is 11.7 Å². The van der Waals surface area contributed by atoms with Gasteiger partial charge in [0.1, 0.15) is 5.75 Å². The van der Waals surface area contributed by atoms with Gasteiger partial charge in [-0.3, -0.25) is 28.9 Å². The third kappa shape index (κ3) is 12.1. The van der Waals surface area contributed by atoms with Crippen LogP contribution in [0.3, 0.4) is 0 Å². The van der Waals surface area contributed by atoms with Crippen LogP contribution in [-0.4, -0.2) is 147 Å². The number of carbonyl (C=O) groups is 6. The van der Waals surface area contributed by atoms with Crippen LogP contribution in [0.25, 0.3) is 0 Å². The second kappa shape index (κ2) is 22.5. The number of fused-ring (bicyclic) bond motifs is 1. The van der Waals surface area contributed by atoms with E-state index >= 15 is 0 Å². The first-order chi connectivity index (χ1) is 32.5. The summed E-state index contributed by atoms with van der Waals surface area (Å²) in [5, 5.41) is 19.2. The van der Waals surface area contributed by atoms with Crippen LogP contribution in [0.2, 0.25) is 0 Å². The van der Waals surface area contributed by atoms with Crippen molar-refractivity contribution in [1.82, 2.24) is 35.6 Å². The van der Waals surface area contributed by atoms with Crippen molar-refractivity contribution in [1.29, 1.82) is 0 Å². The Morgan fingerprint density at radius 2 is 1.45 bits per heavy atom. The number of primary amides is 1. The molecule has 0 aliphatic carbocycles. The van der Waals surface area contributed by atoms with Gasteiger partial charge in [-0.15, -0.1) is 0 Å². The number of carbonyl (C=O) groups excluding carboxylic acids is 6. The maximum Gasteiger partial charge on any atom is 0.315 e. The molecule has 5 saturated heterocycles. The molecule has 0 bridgehead atoms. The van der Waals surface area contributed by atoms with Crippen molar-refractivity contribution < 1.29 is 33.9 Å². The van der Waals surface area contributed by atoms with Gasteiger partial charge >= 0.3 is 29.7 Å². The molecule has 3 aromatic carbocycles. The Labute approximate surface area is 397 Å². The predicted octanol–water partition coefficient (Wildman–Crippen LogP) is 3.62. The molecule has 0 spiro atoms. The average molecular weight is 935 g/mol. The van der Waals surface area contributed by atoms with Crippen LogP contribution in [0.1, 0.15) is 74.5 Å². The Morgan fingerprint density at radius 1 is 0.761 bits per heavy atom. The Kier molecular flexibility index (Phi) is 16.0. The number of hydrogen-bond acceptors (Lipinski definition) is 9. The largest absolute Gasteiger partial charge is 0.508 e. The van der Waals surface area contributed by atoms with E-state index in [0.717, 1.165) is 54.7 Å². The van der Waals surface area contributed by atoms with Crippen molar-refractivity contribution in [2.45, 2.75) is 119 Å². The van der Waals surface area contributed by atoms with Gasteiger partial charge in [-0.2, -0.15) is 11.8 Å². The van der Waals surface area contributed by atoms with Crippen LogP contribution < -0.4 is 21.7 Å². The summed E-state index contributed by atoms with van der Waals surface area (Å²) < 4.78 is 0. The van der Waals surface area contributed by atoms with Crippen LogP contribution in [0, 0.1) is 5.92 Å². The van der Waals surface area contributed by atoms with Crippen LogP contribution in [0.5, 0.6) is 5.75 Å². The summed E-state index contributed by atoms with van der Waals surface area (Å²) in [6.07, 6.45) is 8.42. The third-order valence-electron chi connectivity index (χ3n) is 14.7. The quantitative estimate of drug-likeness (QED) is 0.0568. The summed E-state index contributed by atoms with van der Waals surface area (Å²) in [7, 11) is 0. The Morgan fingerprint density at radius 3 is 2.19 bits per heavy atom. The number of thioether (sulfide) groups is 1. The predicted molar refractivity (Wildman–Crippen MR) is 257 cm³/mol. The minimum absolute atomic E-state index is 0.0535. The number of piperazine rings is 2. The minimum Gasteiger partial charge on any atom is -0.508 e. The zero-order chi connectivity index (χ0) is 46.9. The SMILES string of the molecule is NC(=O)C(CCCC[C@@H](CN1CCC[C@H]1CN1C(=O)C(=O)NC[C@@H]1Cc1ccccc1)N1C[C@H](Cc2ccc(O)cc2)N(CCc2ccccc2)C(=O)C1=O)CCC[C@@H]1SC[C@@H]2NC(=O)N[C@@H]21. The lowest BCUT2D eigenvalue weighted by Gasteiger charge is -2.45. The van der Waals surface area contributed by atoms with Gasteiger partial charge < -0.3 is 41.5 Å². The first-order valence-electron chi connectivity index (χ1n) is 24.3. The first kappa shape index (κ1) is 47.9. The van der Waals surface area contributed by atoms with Gasteiger partial charge in [0.15, 0.2) is 0 Å². The number of hydrogen-bond donors (Lipinski definition) is 5. The maximum atomic E-state index is 14.5. The molecule has 0 saturated carbocycles. The van der Waals surface area contributed by atoms with Gasteiger partial charge in [0.05, 0.1) is 24.2 Å². The standard InChI is InChI=1S/C51H66N8O7S/c52-46(61)37(16-9-19-44-45-43(33-67-44)54-51(66)55-45)15-7-8-17-39(30-56-25-10-18-38(56)31-59-40(29-53-47(62)48(59)63)27-35-13-5-2-6-14-35)58-32-41(28-36-20-22-42(60)23-21-36)57(49(64)50(58)65)26-24-34-11-3-1-4-12-34/h1-6,11-14,20-23,37-41,43-45,60H,7-10,15-19,24-33H2,(H2,52,61)(H,53,62)(H2,54,55,66)/t37?,38-,39-,40-,41-,43-,44-,45-/m0/s1. The topological polar surface area (TPSA) is 198 Å². The van der Waals surface area contributed by atoms with Crippen LogP contribution in [0.15, 0.2) is 84.9 Å². The number of phenolic OH excluding ortho intramolecular Hbond substituents is 1. The molecule has 8 rings (SSSR count). The number of unbranched alkanes of at least 4 members (excludes halogenated alkanes) is 1. The molecular formula is C51H66N8O7S. The second-order valence-corrected chi connectivity index (χ2v) is 20.4. The summed E-state index contributed by atoms with van der Waals surface area (Å²) >= 11 is 1.86. The molecule has 1 unspecified atom stereocenters. The van der Waals surface area contributed by atoms with E-state index in [0.29, 0.717) is 89.3 Å². The monoisotopic (exact) mass is 934 g/mol. The number of nitrogens with zero attached hydrogens (tertiary/aromatic N) is 4. The molecule has 5 aliphatic rings. The van der Waals surface area contributed by atoms with Gasteiger partial charge in [-0.25, -0.2) is 4.79 Å². The zero-order valence-electron chi connectivity index (χ0n) is 38.3. The number of nitrogens with one attached hydrogen (secondary N) is 3. The van der Waals surface area contributed by atoms with E-state index in [4.69, 9.17) is 5.73 Å². The zero-order valence-corrected chi connectivity index (χ0v) is 39.1. The minimum atomic E-state index is -0.597. The molecule has 8 atom stereocenters. The fraction of sp³-hybridized carbons (Fsp3) is 0.529. The number of urea groups is 1. The van der Waals surface area contributed by atoms with E-state index in [-0.39, 0.29) is 59.9 Å². The van der Waals surface area contributed by atoms with Gasteiger partial charge in [-0.1, -0.05) is 92.1 Å². The summed E-state index contributed by atoms with van der Waals surface area (Å²) in [6.45, 7) is 2.69. The number of amides is 7. The molecule has 5 fully saturated rings. The van der Waals surface area contributed by atoms with E-state index < -0.39 is 23.6 Å². The third-order valence-corrected chi connectivity index (χ3v) is 16.2. The lowest BCUT2D eigenvalue weighted by Crippen LogP contribution is -2.64. The smallest absolute Gasteiger partial charge is 0.315 e. The highest BCUT2D eigenvalue weighted by Gasteiger charge is 2.45. The van der Waals surface area contributed by atoms with Crippen molar-refractivity contribution in [3.63, 3.8) is 0 Å². The molecule has 16 heteroatoms. The van der Waals surface area contributed by atoms with Crippen LogP contribution in [0.4, 0.5) is 4.79 Å². The van der Waals surface area contributed by atoms with Gasteiger partial charge in [0.25, 0.3) is 0 Å². The summed E-state index contributed by atoms with van der Waals surface area (Å²) in [5.74, 6) is -1.77. The Balaban J connectivity index is 0.982. The number of nitrogens with two attached hydrogens (primary N) is 1. The fourth-order valence-electron chi connectivity index (χ4n) is 11.0. The molecule has 67 heavy (non-hydrogen) atoms. The van der Waals surface area contributed by atoms with E-state index in [9.17, 15) is 33.9 Å². The summed E-state index contributed by atoms with van der Waals surface area (Å²) in [5.41, 5.74) is 9.08. The van der Waals surface area contributed by atoms with Crippen molar-refractivity contribution in [2.75, 3.05) is 45.0 Å². The molecule has 15 nitrogen and oxygen atoms in total. The van der Waals surface area contributed by atoms with E-state index in [1.165, 1.54) is 0 Å². The first-order valence-corrected chi connectivity index (χ1v) is 25.3. The summed E-state index contributed by atoms with van der Waals surface area (Å²) in [4.78, 5) is 87.6. The Bertz CT molecular complexity index is 2200. The number of phenols is 1. The molecule has 0 aromatic heterocycles. The Hall–Kier alpha value is -5.61. The van der Waals surface area contributed by atoms with Gasteiger partial charge in [0, 0.05) is 61.7 Å². The molecule has 5 aliphatic heterocycles. The van der Waals surface area contributed by atoms with E-state index in [1.54, 1.807) is 26.8 Å². The van der Waals surface area contributed by atoms with Crippen molar-refractivity contribution >= 4 is 47.3 Å². The maximum absolute atomic E-state index is 14.5. The number of likely N-dealkylation sites (tertiary alicyclic amines) is 1. The second-order valence-electron chi connectivity index (χ2n) is 19.1. The van der Waals surface area contributed by atoms with Gasteiger partial charge in [-0.05, 0) is 93.2 Å². The lowest BCUT2D eigenvalue weighted by atomic mass is 9.92. The van der Waals surface area contributed by atoms with E-state index in [1.807, 2.05) is 84.6 Å². The number of benzene rings is 3. The lowest BCUT2D eigenvalue weighted by molar-refractivity contribution is -0.161. The molecule has 358 valence electrons. The number of rotatable bonds is 22. The highest BCUT2D eigenvalue weighted by molar-refractivity contribution is 8.00. The van der Waals surface area contributed by atoms with Crippen molar-refractivity contribution in [3.8, 4) is 5.75 Å². The molecule has 3 aromatic rings.